The van der Waals surface area contributed by atoms with Crippen molar-refractivity contribution in [1.82, 2.24) is 0 Å². The molecule has 0 bridgehead atoms. The van der Waals surface area contributed by atoms with E-state index in [4.69, 9.17) is 9.84 Å². The lowest BCUT2D eigenvalue weighted by molar-refractivity contribution is -0.146. The maximum atomic E-state index is 11.0. The summed E-state index contributed by atoms with van der Waals surface area (Å²) in [6, 6.07) is 3.55. The fourth-order valence-electron chi connectivity index (χ4n) is 1.66. The summed E-state index contributed by atoms with van der Waals surface area (Å²) in [5, 5.41) is 19.1. The van der Waals surface area contributed by atoms with Gasteiger partial charge in [0.25, 0.3) is 0 Å². The molecule has 94 valence electrons. The number of phenols is 1. The summed E-state index contributed by atoms with van der Waals surface area (Å²) in [6.07, 6.45) is 0.255. The second-order valence-corrected chi connectivity index (χ2v) is 4.79. The van der Waals surface area contributed by atoms with Crippen LogP contribution in [0.1, 0.15) is 25.0 Å². The van der Waals surface area contributed by atoms with Crippen LogP contribution in [0, 0.1) is 12.3 Å². The van der Waals surface area contributed by atoms with Crippen LogP contribution >= 0.6 is 0 Å². The van der Waals surface area contributed by atoms with Gasteiger partial charge in [0, 0.05) is 0 Å². The van der Waals surface area contributed by atoms with Crippen LogP contribution in [0.15, 0.2) is 12.1 Å². The van der Waals surface area contributed by atoms with Gasteiger partial charge in [0.1, 0.15) is 0 Å². The summed E-state index contributed by atoms with van der Waals surface area (Å²) in [5.74, 6) is -0.457. The molecular formula is C13H18O4. The third-order valence-electron chi connectivity index (χ3n) is 2.83. The van der Waals surface area contributed by atoms with Crippen molar-refractivity contribution in [3.05, 3.63) is 23.3 Å². The number of aliphatic carboxylic acids is 1. The fraction of sp³-hybridized carbons (Fsp3) is 0.462. The molecule has 0 saturated heterocycles. The Kier molecular flexibility index (Phi) is 3.66. The average molecular weight is 238 g/mol. The SMILES string of the molecule is COc1c(C)ccc(CC(C)(C)C(=O)O)c1O. The van der Waals surface area contributed by atoms with Crippen molar-refractivity contribution in [1.29, 1.82) is 0 Å². The van der Waals surface area contributed by atoms with E-state index in [-0.39, 0.29) is 12.2 Å². The van der Waals surface area contributed by atoms with Gasteiger partial charge in [-0.2, -0.15) is 0 Å². The molecule has 0 fully saturated rings. The number of carboxylic acid groups (broad SMARTS) is 1. The van der Waals surface area contributed by atoms with E-state index in [0.29, 0.717) is 11.3 Å². The molecule has 17 heavy (non-hydrogen) atoms. The Morgan fingerprint density at radius 2 is 2.00 bits per heavy atom. The Morgan fingerprint density at radius 3 is 2.47 bits per heavy atom. The topological polar surface area (TPSA) is 66.8 Å². The third-order valence-corrected chi connectivity index (χ3v) is 2.83. The van der Waals surface area contributed by atoms with Crippen LogP contribution in [0.25, 0.3) is 0 Å². The molecule has 0 spiro atoms. The van der Waals surface area contributed by atoms with Crippen LogP contribution in [-0.4, -0.2) is 23.3 Å². The summed E-state index contributed by atoms with van der Waals surface area (Å²) >= 11 is 0. The number of phenolic OH excluding ortho intramolecular Hbond substituents is 1. The molecule has 1 aromatic rings. The van der Waals surface area contributed by atoms with Gasteiger partial charge in [0.15, 0.2) is 11.5 Å². The molecule has 0 radical (unpaired) electrons. The predicted molar refractivity (Wildman–Crippen MR) is 64.5 cm³/mol. The van der Waals surface area contributed by atoms with E-state index in [2.05, 4.69) is 0 Å². The first kappa shape index (κ1) is 13.4. The zero-order valence-electron chi connectivity index (χ0n) is 10.6. The molecular weight excluding hydrogens is 220 g/mol. The van der Waals surface area contributed by atoms with Crippen molar-refractivity contribution in [3.63, 3.8) is 0 Å². The monoisotopic (exact) mass is 238 g/mol. The second kappa shape index (κ2) is 4.65. The molecule has 4 nitrogen and oxygen atoms in total. The molecule has 1 rings (SSSR count). The lowest BCUT2D eigenvalue weighted by Gasteiger charge is -2.20. The summed E-state index contributed by atoms with van der Waals surface area (Å²) in [4.78, 5) is 11.0. The van der Waals surface area contributed by atoms with E-state index in [1.807, 2.05) is 13.0 Å². The highest BCUT2D eigenvalue weighted by Gasteiger charge is 2.29. The standard InChI is InChI=1S/C13H18O4/c1-8-5-6-9(10(14)11(8)17-4)7-13(2,3)12(15)16/h5-6,14H,7H2,1-4H3,(H,15,16). The smallest absolute Gasteiger partial charge is 0.309 e. The molecule has 0 aliphatic heterocycles. The van der Waals surface area contributed by atoms with Gasteiger partial charge in [0.2, 0.25) is 0 Å². The molecule has 0 aliphatic carbocycles. The number of benzene rings is 1. The Morgan fingerprint density at radius 1 is 1.41 bits per heavy atom. The normalized spacial score (nSPS) is 11.3. The molecule has 0 unspecified atom stereocenters. The number of methoxy groups -OCH3 is 1. The minimum absolute atomic E-state index is 0.0295. The molecule has 0 amide bonds. The highest BCUT2D eigenvalue weighted by molar-refractivity contribution is 5.74. The highest BCUT2D eigenvalue weighted by atomic mass is 16.5. The molecule has 0 saturated carbocycles. The van der Waals surface area contributed by atoms with Gasteiger partial charge in [-0.3, -0.25) is 4.79 Å². The molecule has 0 atom stereocenters. The Balaban J connectivity index is 3.13. The van der Waals surface area contributed by atoms with Gasteiger partial charge in [-0.1, -0.05) is 12.1 Å². The van der Waals surface area contributed by atoms with Crippen LogP contribution in [0.4, 0.5) is 0 Å². The lowest BCUT2D eigenvalue weighted by Crippen LogP contribution is -2.26. The average Bonchev–Trinajstić information content (AvgIpc) is 2.23. The minimum Gasteiger partial charge on any atom is -0.504 e. The van der Waals surface area contributed by atoms with E-state index in [9.17, 15) is 9.90 Å². The Labute approximate surface area is 101 Å². The molecule has 4 heteroatoms. The predicted octanol–water partition coefficient (Wildman–Crippen LogP) is 2.36. The summed E-state index contributed by atoms with van der Waals surface area (Å²) < 4.78 is 5.09. The molecule has 0 aliphatic rings. The zero-order chi connectivity index (χ0) is 13.2. The minimum atomic E-state index is -0.919. The number of carbonyl (C=O) groups is 1. The van der Waals surface area contributed by atoms with E-state index in [1.165, 1.54) is 7.11 Å². The summed E-state index contributed by atoms with van der Waals surface area (Å²) in [7, 11) is 1.48. The van der Waals surface area contributed by atoms with Crippen LogP contribution in [0.3, 0.4) is 0 Å². The van der Waals surface area contributed by atoms with Gasteiger partial charge in [-0.05, 0) is 38.3 Å². The molecule has 2 N–H and O–H groups in total. The summed E-state index contributed by atoms with van der Waals surface area (Å²) in [6.45, 7) is 5.08. The lowest BCUT2D eigenvalue weighted by atomic mass is 9.85. The van der Waals surface area contributed by atoms with Gasteiger partial charge in [-0.25, -0.2) is 0 Å². The van der Waals surface area contributed by atoms with Crippen molar-refractivity contribution < 1.29 is 19.7 Å². The van der Waals surface area contributed by atoms with E-state index in [0.717, 1.165) is 5.56 Å². The van der Waals surface area contributed by atoms with Gasteiger partial charge in [0.05, 0.1) is 12.5 Å². The molecule has 0 heterocycles. The molecule has 1 aromatic carbocycles. The third kappa shape index (κ3) is 2.70. The van der Waals surface area contributed by atoms with Crippen LogP contribution in [-0.2, 0) is 11.2 Å². The fourth-order valence-corrected chi connectivity index (χ4v) is 1.66. The maximum Gasteiger partial charge on any atom is 0.309 e. The number of aryl methyl sites for hydroxylation is 1. The first-order chi connectivity index (χ1) is 7.79. The quantitative estimate of drug-likeness (QED) is 0.845. The number of carboxylic acids is 1. The molecule has 0 aromatic heterocycles. The van der Waals surface area contributed by atoms with Gasteiger partial charge < -0.3 is 14.9 Å². The van der Waals surface area contributed by atoms with Gasteiger partial charge in [-0.15, -0.1) is 0 Å². The van der Waals surface area contributed by atoms with Crippen LogP contribution in [0.2, 0.25) is 0 Å². The number of aromatic hydroxyl groups is 1. The van der Waals surface area contributed by atoms with Crippen molar-refractivity contribution >= 4 is 5.97 Å². The second-order valence-electron chi connectivity index (χ2n) is 4.79. The number of ether oxygens (including phenoxy) is 1. The highest BCUT2D eigenvalue weighted by Crippen LogP contribution is 2.36. The first-order valence-electron chi connectivity index (χ1n) is 5.38. The van der Waals surface area contributed by atoms with E-state index >= 15 is 0 Å². The van der Waals surface area contributed by atoms with E-state index in [1.54, 1.807) is 19.9 Å². The van der Waals surface area contributed by atoms with E-state index < -0.39 is 11.4 Å². The van der Waals surface area contributed by atoms with Gasteiger partial charge >= 0.3 is 5.97 Å². The number of hydrogen-bond donors (Lipinski definition) is 2. The maximum absolute atomic E-state index is 11.0. The Hall–Kier alpha value is -1.71. The first-order valence-corrected chi connectivity index (χ1v) is 5.38. The summed E-state index contributed by atoms with van der Waals surface area (Å²) in [5.41, 5.74) is 0.485. The van der Waals surface area contributed by atoms with Crippen LogP contribution in [0.5, 0.6) is 11.5 Å². The Bertz CT molecular complexity index is 435. The van der Waals surface area contributed by atoms with Crippen molar-refractivity contribution in [2.75, 3.05) is 7.11 Å². The largest absolute Gasteiger partial charge is 0.504 e. The van der Waals surface area contributed by atoms with Crippen LogP contribution < -0.4 is 4.74 Å². The zero-order valence-corrected chi connectivity index (χ0v) is 10.6. The number of rotatable bonds is 4. The van der Waals surface area contributed by atoms with Crippen molar-refractivity contribution in [2.45, 2.75) is 27.2 Å². The number of hydrogen-bond acceptors (Lipinski definition) is 3. The van der Waals surface area contributed by atoms with Crippen molar-refractivity contribution in [3.8, 4) is 11.5 Å². The van der Waals surface area contributed by atoms with Crippen molar-refractivity contribution in [2.24, 2.45) is 5.41 Å².